The number of carbonyl (C=O) groups is 1. The van der Waals surface area contributed by atoms with E-state index in [-0.39, 0.29) is 23.6 Å². The first-order chi connectivity index (χ1) is 12.5. The van der Waals surface area contributed by atoms with Gasteiger partial charge in [-0.1, -0.05) is 30.3 Å². The molecule has 6 nitrogen and oxygen atoms in total. The van der Waals surface area contributed by atoms with Gasteiger partial charge in [0.25, 0.3) is 0 Å². The Labute approximate surface area is 153 Å². The number of benzene rings is 1. The molecule has 1 unspecified atom stereocenters. The number of aryl methyl sites for hydroxylation is 1. The number of likely N-dealkylation sites (tertiary alicyclic amines) is 1. The standard InChI is InChI=1S/C20H26N4O2/c1-15(2)24-19(21-22(3)20(24)26)17-10-7-13-23(14-17)18(25)12-11-16-8-5-4-6-9-16/h4-6,8-9,11-12,15,17H,7,10,13-14H2,1-3H3/b12-11+. The van der Waals surface area contributed by atoms with Gasteiger partial charge in [-0.2, -0.15) is 5.10 Å². The van der Waals surface area contributed by atoms with Crippen molar-refractivity contribution in [1.82, 2.24) is 19.2 Å². The predicted molar refractivity (Wildman–Crippen MR) is 102 cm³/mol. The van der Waals surface area contributed by atoms with E-state index in [0.29, 0.717) is 6.54 Å². The molecule has 138 valence electrons. The fourth-order valence-corrected chi connectivity index (χ4v) is 3.49. The maximum absolute atomic E-state index is 12.6. The number of aromatic nitrogens is 3. The summed E-state index contributed by atoms with van der Waals surface area (Å²) in [5.74, 6) is 0.888. The van der Waals surface area contributed by atoms with Gasteiger partial charge in [0.1, 0.15) is 5.82 Å². The van der Waals surface area contributed by atoms with Crippen molar-refractivity contribution in [2.75, 3.05) is 13.1 Å². The summed E-state index contributed by atoms with van der Waals surface area (Å²) in [6.45, 7) is 5.32. The zero-order chi connectivity index (χ0) is 18.7. The predicted octanol–water partition coefficient (Wildman–Crippen LogP) is 2.58. The van der Waals surface area contributed by atoms with Crippen LogP contribution in [0.5, 0.6) is 0 Å². The van der Waals surface area contributed by atoms with Crippen molar-refractivity contribution >= 4 is 12.0 Å². The van der Waals surface area contributed by atoms with Gasteiger partial charge in [-0.25, -0.2) is 9.48 Å². The largest absolute Gasteiger partial charge is 0.345 e. The zero-order valence-electron chi connectivity index (χ0n) is 15.6. The van der Waals surface area contributed by atoms with Gasteiger partial charge >= 0.3 is 5.69 Å². The van der Waals surface area contributed by atoms with Crippen LogP contribution in [0.1, 0.15) is 50.0 Å². The molecule has 0 saturated carbocycles. The molecule has 2 aromatic rings. The van der Waals surface area contributed by atoms with Crippen LogP contribution in [0.3, 0.4) is 0 Å². The minimum atomic E-state index is -0.0950. The fourth-order valence-electron chi connectivity index (χ4n) is 3.49. The molecule has 1 aromatic carbocycles. The molecular formula is C20H26N4O2. The molecule has 1 fully saturated rings. The lowest BCUT2D eigenvalue weighted by atomic mass is 9.96. The van der Waals surface area contributed by atoms with Crippen LogP contribution >= 0.6 is 0 Å². The topological polar surface area (TPSA) is 60.1 Å². The Morgan fingerprint density at radius 3 is 2.69 bits per heavy atom. The van der Waals surface area contributed by atoms with Crippen LogP contribution in [0.2, 0.25) is 0 Å². The van der Waals surface area contributed by atoms with Gasteiger partial charge in [-0.15, -0.1) is 0 Å². The van der Waals surface area contributed by atoms with Crippen molar-refractivity contribution in [2.24, 2.45) is 7.05 Å². The summed E-state index contributed by atoms with van der Waals surface area (Å²) in [5.41, 5.74) is 0.912. The molecule has 26 heavy (non-hydrogen) atoms. The van der Waals surface area contributed by atoms with E-state index >= 15 is 0 Å². The average Bonchev–Trinajstić information content (AvgIpc) is 2.96. The number of amides is 1. The highest BCUT2D eigenvalue weighted by molar-refractivity contribution is 5.91. The molecule has 1 aliphatic heterocycles. The zero-order valence-corrected chi connectivity index (χ0v) is 15.6. The van der Waals surface area contributed by atoms with Crippen molar-refractivity contribution in [3.8, 4) is 0 Å². The van der Waals surface area contributed by atoms with E-state index in [1.54, 1.807) is 17.7 Å². The number of piperidine rings is 1. The summed E-state index contributed by atoms with van der Waals surface area (Å²) in [6, 6.07) is 9.85. The van der Waals surface area contributed by atoms with Crippen LogP contribution in [0.25, 0.3) is 6.08 Å². The normalized spacial score (nSPS) is 18.0. The molecule has 1 aromatic heterocycles. The van der Waals surface area contributed by atoms with Crippen LogP contribution in [-0.4, -0.2) is 38.2 Å². The molecule has 1 atom stereocenters. The maximum atomic E-state index is 12.6. The first-order valence-corrected chi connectivity index (χ1v) is 9.15. The average molecular weight is 354 g/mol. The monoisotopic (exact) mass is 354 g/mol. The lowest BCUT2D eigenvalue weighted by molar-refractivity contribution is -0.127. The molecule has 3 rings (SSSR count). The van der Waals surface area contributed by atoms with Gasteiger partial charge < -0.3 is 4.90 Å². The van der Waals surface area contributed by atoms with Gasteiger partial charge in [-0.3, -0.25) is 9.36 Å². The number of hydrogen-bond donors (Lipinski definition) is 0. The Bertz CT molecular complexity index is 848. The second kappa shape index (κ2) is 7.72. The second-order valence-electron chi connectivity index (χ2n) is 7.10. The second-order valence-corrected chi connectivity index (χ2v) is 7.10. The molecule has 0 aliphatic carbocycles. The molecule has 1 amide bonds. The number of rotatable bonds is 4. The first-order valence-electron chi connectivity index (χ1n) is 9.15. The summed E-state index contributed by atoms with van der Waals surface area (Å²) in [4.78, 5) is 26.8. The Morgan fingerprint density at radius 1 is 1.27 bits per heavy atom. The fraction of sp³-hybridized carbons (Fsp3) is 0.450. The van der Waals surface area contributed by atoms with Crippen LogP contribution in [0.4, 0.5) is 0 Å². The molecule has 0 N–H and O–H groups in total. The lowest BCUT2D eigenvalue weighted by Crippen LogP contribution is -2.39. The van der Waals surface area contributed by atoms with Gasteiger partial charge in [-0.05, 0) is 38.3 Å². The molecule has 6 heteroatoms. The molecular weight excluding hydrogens is 328 g/mol. The molecule has 2 heterocycles. The molecule has 1 saturated heterocycles. The molecule has 0 bridgehead atoms. The van der Waals surface area contributed by atoms with Crippen LogP contribution in [0, 0.1) is 0 Å². The summed E-state index contributed by atoms with van der Waals surface area (Å²) in [5, 5.41) is 4.45. The van der Waals surface area contributed by atoms with E-state index in [0.717, 1.165) is 30.8 Å². The highest BCUT2D eigenvalue weighted by Crippen LogP contribution is 2.26. The minimum Gasteiger partial charge on any atom is -0.338 e. The van der Waals surface area contributed by atoms with Crippen molar-refractivity contribution < 1.29 is 4.79 Å². The Balaban J connectivity index is 1.76. The van der Waals surface area contributed by atoms with Gasteiger partial charge in [0.15, 0.2) is 0 Å². The quantitative estimate of drug-likeness (QED) is 0.793. The van der Waals surface area contributed by atoms with Gasteiger partial charge in [0.05, 0.1) is 0 Å². The molecule has 0 radical (unpaired) electrons. The van der Waals surface area contributed by atoms with Crippen molar-refractivity contribution in [3.63, 3.8) is 0 Å². The third-order valence-corrected chi connectivity index (χ3v) is 4.81. The maximum Gasteiger partial charge on any atom is 0.345 e. The smallest absolute Gasteiger partial charge is 0.338 e. The number of carbonyl (C=O) groups excluding carboxylic acids is 1. The van der Waals surface area contributed by atoms with Gasteiger partial charge in [0.2, 0.25) is 5.91 Å². The highest BCUT2D eigenvalue weighted by Gasteiger charge is 2.29. The van der Waals surface area contributed by atoms with Crippen molar-refractivity contribution in [2.45, 2.75) is 38.6 Å². The van der Waals surface area contributed by atoms with E-state index in [4.69, 9.17) is 0 Å². The first kappa shape index (κ1) is 18.2. The third-order valence-electron chi connectivity index (χ3n) is 4.81. The van der Waals surface area contributed by atoms with E-state index < -0.39 is 0 Å². The minimum absolute atomic E-state index is 0.00734. The SMILES string of the molecule is CC(C)n1c(C2CCCN(C(=O)/C=C/c3ccccc3)C2)nn(C)c1=O. The van der Waals surface area contributed by atoms with E-state index in [2.05, 4.69) is 5.10 Å². The van der Waals surface area contributed by atoms with Gasteiger partial charge in [0, 0.05) is 38.2 Å². The summed E-state index contributed by atoms with van der Waals surface area (Å²) >= 11 is 0. The van der Waals surface area contributed by atoms with Crippen molar-refractivity contribution in [3.05, 3.63) is 58.3 Å². The Morgan fingerprint density at radius 2 is 2.00 bits per heavy atom. The van der Waals surface area contributed by atoms with E-state index in [1.165, 1.54) is 4.68 Å². The van der Waals surface area contributed by atoms with E-state index in [1.807, 2.05) is 55.2 Å². The highest BCUT2D eigenvalue weighted by atomic mass is 16.2. The Hall–Kier alpha value is -2.63. The van der Waals surface area contributed by atoms with Crippen LogP contribution in [-0.2, 0) is 11.8 Å². The van der Waals surface area contributed by atoms with Crippen molar-refractivity contribution in [1.29, 1.82) is 0 Å². The van der Waals surface area contributed by atoms with E-state index in [9.17, 15) is 9.59 Å². The number of hydrogen-bond acceptors (Lipinski definition) is 3. The summed E-state index contributed by atoms with van der Waals surface area (Å²) in [6.07, 6.45) is 5.33. The van der Waals surface area contributed by atoms with Crippen LogP contribution < -0.4 is 5.69 Å². The summed E-state index contributed by atoms with van der Waals surface area (Å²) in [7, 11) is 1.68. The Kier molecular flexibility index (Phi) is 5.40. The summed E-state index contributed by atoms with van der Waals surface area (Å²) < 4.78 is 3.14. The molecule has 0 spiro atoms. The number of nitrogens with zero attached hydrogens (tertiary/aromatic N) is 4. The lowest BCUT2D eigenvalue weighted by Gasteiger charge is -2.32. The van der Waals surface area contributed by atoms with Crippen LogP contribution in [0.15, 0.2) is 41.2 Å². The molecule has 1 aliphatic rings. The third kappa shape index (κ3) is 3.79.